The van der Waals surface area contributed by atoms with Crippen molar-refractivity contribution >= 4 is 17.4 Å². The number of aryl methyl sites for hydroxylation is 1. The predicted molar refractivity (Wildman–Crippen MR) is 84.1 cm³/mol. The summed E-state index contributed by atoms with van der Waals surface area (Å²) in [6, 6.07) is 5.97. The molecular weight excluding hydrogens is 298 g/mol. The fourth-order valence-electron chi connectivity index (χ4n) is 2.46. The van der Waals surface area contributed by atoms with Crippen LogP contribution in [0.4, 0.5) is 0 Å². The Morgan fingerprint density at radius 2 is 2.27 bits per heavy atom. The van der Waals surface area contributed by atoms with Gasteiger partial charge < -0.3 is 4.57 Å². The predicted octanol–water partition coefficient (Wildman–Crippen LogP) is 2.22. The zero-order chi connectivity index (χ0) is 15.1. The van der Waals surface area contributed by atoms with Gasteiger partial charge in [-0.1, -0.05) is 17.8 Å². The molecule has 0 saturated heterocycles. The molecule has 1 fully saturated rings. The number of thioether (sulfide) groups is 1. The molecular formula is C15H15N5OS. The molecule has 0 spiro atoms. The smallest absolute Gasteiger partial charge is 0.258 e. The molecule has 3 aromatic rings. The van der Waals surface area contributed by atoms with Gasteiger partial charge in [0.25, 0.3) is 5.56 Å². The quantitative estimate of drug-likeness (QED) is 0.691. The van der Waals surface area contributed by atoms with Crippen LogP contribution in [-0.4, -0.2) is 24.1 Å². The molecule has 6 nitrogen and oxygen atoms in total. The first kappa shape index (κ1) is 13.5. The summed E-state index contributed by atoms with van der Waals surface area (Å²) < 4.78 is 3.69. The highest BCUT2D eigenvalue weighted by Gasteiger charge is 2.26. The van der Waals surface area contributed by atoms with E-state index in [2.05, 4.69) is 19.7 Å². The van der Waals surface area contributed by atoms with Crippen molar-refractivity contribution in [3.63, 3.8) is 0 Å². The van der Waals surface area contributed by atoms with Crippen molar-refractivity contribution in [2.24, 2.45) is 0 Å². The van der Waals surface area contributed by atoms with Crippen molar-refractivity contribution < 1.29 is 0 Å². The van der Waals surface area contributed by atoms with Crippen molar-refractivity contribution in [2.45, 2.75) is 36.7 Å². The van der Waals surface area contributed by atoms with Gasteiger partial charge in [0.05, 0.1) is 5.69 Å². The normalized spacial score (nSPS) is 14.6. The van der Waals surface area contributed by atoms with Crippen LogP contribution >= 0.6 is 11.8 Å². The van der Waals surface area contributed by atoms with Crippen molar-refractivity contribution in [1.29, 1.82) is 0 Å². The van der Waals surface area contributed by atoms with Gasteiger partial charge in [0.2, 0.25) is 0 Å². The van der Waals surface area contributed by atoms with Gasteiger partial charge >= 0.3 is 0 Å². The lowest BCUT2D eigenvalue weighted by Crippen LogP contribution is -2.15. The number of fused-ring (bicyclic) bond motifs is 1. The van der Waals surface area contributed by atoms with Crippen LogP contribution in [0.1, 0.15) is 30.1 Å². The molecule has 112 valence electrons. The first-order valence-corrected chi connectivity index (χ1v) is 8.21. The zero-order valence-corrected chi connectivity index (χ0v) is 13.0. The van der Waals surface area contributed by atoms with E-state index >= 15 is 0 Å². The van der Waals surface area contributed by atoms with E-state index in [4.69, 9.17) is 0 Å². The molecule has 1 aliphatic rings. The SMILES string of the molecule is Cc1cccn2c(=O)cc(CSc3nncn3C3CC3)nc12. The lowest BCUT2D eigenvalue weighted by atomic mass is 10.3. The fourth-order valence-corrected chi connectivity index (χ4v) is 3.33. The highest BCUT2D eigenvalue weighted by atomic mass is 32.2. The second kappa shape index (κ2) is 5.24. The van der Waals surface area contributed by atoms with E-state index in [0.29, 0.717) is 17.4 Å². The standard InChI is InChI=1S/C15H15N5OS/c1-10-3-2-6-19-13(21)7-11(17-14(10)19)8-22-15-18-16-9-20(15)12-4-5-12/h2-3,6-7,9,12H,4-5,8H2,1H3. The summed E-state index contributed by atoms with van der Waals surface area (Å²) in [6.45, 7) is 1.96. The maximum Gasteiger partial charge on any atom is 0.258 e. The van der Waals surface area contributed by atoms with Crippen LogP contribution in [-0.2, 0) is 5.75 Å². The number of rotatable bonds is 4. The van der Waals surface area contributed by atoms with Gasteiger partial charge in [-0.2, -0.15) is 0 Å². The van der Waals surface area contributed by atoms with Crippen molar-refractivity contribution in [2.75, 3.05) is 0 Å². The Morgan fingerprint density at radius 1 is 1.41 bits per heavy atom. The van der Waals surface area contributed by atoms with Crippen molar-refractivity contribution in [1.82, 2.24) is 24.1 Å². The summed E-state index contributed by atoms with van der Waals surface area (Å²) in [4.78, 5) is 16.8. The van der Waals surface area contributed by atoms with Gasteiger partial charge in [-0.05, 0) is 31.4 Å². The average Bonchev–Trinajstić information content (AvgIpc) is 3.25. The number of pyridine rings is 1. The van der Waals surface area contributed by atoms with Gasteiger partial charge in [0, 0.05) is 24.1 Å². The molecule has 0 radical (unpaired) electrons. The minimum atomic E-state index is -0.0482. The Kier molecular flexibility index (Phi) is 3.22. The summed E-state index contributed by atoms with van der Waals surface area (Å²) in [5.41, 5.74) is 2.43. The Balaban J connectivity index is 1.63. The first-order valence-electron chi connectivity index (χ1n) is 7.22. The second-order valence-corrected chi connectivity index (χ2v) is 6.45. The van der Waals surface area contributed by atoms with E-state index in [9.17, 15) is 4.79 Å². The van der Waals surface area contributed by atoms with Crippen LogP contribution < -0.4 is 5.56 Å². The summed E-state index contributed by atoms with van der Waals surface area (Å²) >= 11 is 1.58. The van der Waals surface area contributed by atoms with E-state index in [1.165, 1.54) is 12.8 Å². The molecule has 7 heteroatoms. The van der Waals surface area contributed by atoms with E-state index in [1.807, 2.05) is 19.1 Å². The molecule has 0 unspecified atom stereocenters. The molecule has 22 heavy (non-hydrogen) atoms. The van der Waals surface area contributed by atoms with Gasteiger partial charge in [0.1, 0.15) is 12.0 Å². The molecule has 0 atom stereocenters. The number of nitrogens with zero attached hydrogens (tertiary/aromatic N) is 5. The van der Waals surface area contributed by atoms with Crippen LogP contribution in [0.2, 0.25) is 0 Å². The van der Waals surface area contributed by atoms with Crippen molar-refractivity contribution in [3.05, 3.63) is 52.3 Å². The molecule has 0 aromatic carbocycles. The molecule has 3 aromatic heterocycles. The van der Waals surface area contributed by atoms with Gasteiger partial charge in [0.15, 0.2) is 5.16 Å². The third kappa shape index (κ3) is 2.41. The molecule has 1 saturated carbocycles. The lowest BCUT2D eigenvalue weighted by Gasteiger charge is -2.06. The summed E-state index contributed by atoms with van der Waals surface area (Å²) in [6.07, 6.45) is 5.92. The van der Waals surface area contributed by atoms with Crippen LogP contribution in [0.25, 0.3) is 5.65 Å². The Labute approximate surface area is 131 Å². The third-order valence-corrected chi connectivity index (χ3v) is 4.76. The molecule has 4 rings (SSSR count). The molecule has 0 amide bonds. The number of aromatic nitrogens is 5. The molecule has 0 N–H and O–H groups in total. The maximum absolute atomic E-state index is 12.2. The monoisotopic (exact) mass is 313 g/mol. The Hall–Kier alpha value is -2.15. The zero-order valence-electron chi connectivity index (χ0n) is 12.1. The van der Waals surface area contributed by atoms with Crippen LogP contribution in [0.5, 0.6) is 0 Å². The number of hydrogen-bond acceptors (Lipinski definition) is 5. The third-order valence-electron chi connectivity index (χ3n) is 3.77. The van der Waals surface area contributed by atoms with Gasteiger partial charge in [-0.3, -0.25) is 9.20 Å². The van der Waals surface area contributed by atoms with Crippen LogP contribution in [0.15, 0.2) is 40.7 Å². The summed E-state index contributed by atoms with van der Waals surface area (Å²) in [5, 5.41) is 9.04. The van der Waals surface area contributed by atoms with E-state index in [0.717, 1.165) is 16.4 Å². The number of hydrogen-bond donors (Lipinski definition) is 0. The Morgan fingerprint density at radius 3 is 3.09 bits per heavy atom. The average molecular weight is 313 g/mol. The minimum absolute atomic E-state index is 0.0482. The molecule has 3 heterocycles. The van der Waals surface area contributed by atoms with Crippen LogP contribution in [0.3, 0.4) is 0 Å². The molecule has 0 aliphatic heterocycles. The summed E-state index contributed by atoms with van der Waals surface area (Å²) in [5.74, 6) is 0.617. The van der Waals surface area contributed by atoms with Gasteiger partial charge in [-0.15, -0.1) is 10.2 Å². The van der Waals surface area contributed by atoms with Crippen LogP contribution in [0, 0.1) is 6.92 Å². The van der Waals surface area contributed by atoms with E-state index in [-0.39, 0.29) is 5.56 Å². The first-order chi connectivity index (χ1) is 10.7. The maximum atomic E-state index is 12.2. The highest BCUT2D eigenvalue weighted by molar-refractivity contribution is 7.98. The van der Waals surface area contributed by atoms with Gasteiger partial charge in [-0.25, -0.2) is 4.98 Å². The largest absolute Gasteiger partial charge is 0.306 e. The Bertz CT molecular complexity index is 896. The highest BCUT2D eigenvalue weighted by Crippen LogP contribution is 2.37. The van der Waals surface area contributed by atoms with Crippen molar-refractivity contribution in [3.8, 4) is 0 Å². The molecule has 1 aliphatic carbocycles. The molecule has 0 bridgehead atoms. The minimum Gasteiger partial charge on any atom is -0.306 e. The fraction of sp³-hybridized carbons (Fsp3) is 0.333. The van der Waals surface area contributed by atoms with E-state index in [1.54, 1.807) is 34.8 Å². The topological polar surface area (TPSA) is 65.1 Å². The van der Waals surface area contributed by atoms with E-state index < -0.39 is 0 Å². The summed E-state index contributed by atoms with van der Waals surface area (Å²) in [7, 11) is 0. The second-order valence-electron chi connectivity index (χ2n) is 5.51. The lowest BCUT2D eigenvalue weighted by molar-refractivity contribution is 0.663.